The lowest BCUT2D eigenvalue weighted by Gasteiger charge is -2.28. The molecule has 136 valence electrons. The van der Waals surface area contributed by atoms with Gasteiger partial charge in [-0.1, -0.05) is 0 Å². The molecule has 0 saturated carbocycles. The Bertz CT molecular complexity index is 879. The summed E-state index contributed by atoms with van der Waals surface area (Å²) in [5.74, 6) is 1.32. The number of pyridine rings is 1. The van der Waals surface area contributed by atoms with E-state index < -0.39 is 0 Å². The molecule has 0 aliphatic carbocycles. The molecule has 0 radical (unpaired) electrons. The maximum absolute atomic E-state index is 5.91. The number of benzene rings is 1. The number of hydrogen-bond donors (Lipinski definition) is 2. The van der Waals surface area contributed by atoms with Crippen LogP contribution in [0.3, 0.4) is 0 Å². The molecule has 0 spiro atoms. The van der Waals surface area contributed by atoms with Crippen molar-refractivity contribution in [1.82, 2.24) is 19.7 Å². The molecule has 1 aromatic carbocycles. The third kappa shape index (κ3) is 3.80. The van der Waals surface area contributed by atoms with E-state index in [0.717, 1.165) is 35.5 Å². The minimum Gasteiger partial charge on any atom is -0.383 e. The number of piperidine rings is 1. The van der Waals surface area contributed by atoms with E-state index in [9.17, 15) is 0 Å². The summed E-state index contributed by atoms with van der Waals surface area (Å²) in [4.78, 5) is 6.53. The van der Waals surface area contributed by atoms with Gasteiger partial charge in [-0.15, -0.1) is 0 Å². The van der Waals surface area contributed by atoms with E-state index in [2.05, 4.69) is 44.3 Å². The summed E-state index contributed by atoms with van der Waals surface area (Å²) in [6.45, 7) is 4.18. The van der Waals surface area contributed by atoms with Crippen LogP contribution in [0.15, 0.2) is 42.9 Å². The maximum Gasteiger partial charge on any atom is 0.131 e. The Morgan fingerprint density at radius 3 is 2.92 bits per heavy atom. The Kier molecular flexibility index (Phi) is 4.75. The first-order valence-electron chi connectivity index (χ1n) is 9.25. The van der Waals surface area contributed by atoms with Crippen molar-refractivity contribution in [1.29, 1.82) is 0 Å². The highest BCUT2D eigenvalue weighted by Gasteiger charge is 2.17. The molecule has 2 aromatic heterocycles. The van der Waals surface area contributed by atoms with Gasteiger partial charge in [0.25, 0.3) is 0 Å². The van der Waals surface area contributed by atoms with Crippen LogP contribution in [0.1, 0.15) is 18.4 Å². The molecule has 1 saturated heterocycles. The van der Waals surface area contributed by atoms with Gasteiger partial charge in [0.15, 0.2) is 0 Å². The number of likely N-dealkylation sites (tertiary alicyclic amines) is 1. The first-order valence-corrected chi connectivity index (χ1v) is 9.25. The van der Waals surface area contributed by atoms with E-state index in [4.69, 9.17) is 5.73 Å². The van der Waals surface area contributed by atoms with Crippen LogP contribution in [0, 0.1) is 5.92 Å². The number of nitrogens with zero attached hydrogens (tertiary/aromatic N) is 4. The number of aromatic nitrogens is 3. The van der Waals surface area contributed by atoms with E-state index in [0.29, 0.717) is 5.82 Å². The van der Waals surface area contributed by atoms with Gasteiger partial charge in [0.1, 0.15) is 5.82 Å². The SMILES string of the molecule is CN1CCC(Cn2cc(CNc3ccc4c(N)nccc4c3)cn2)CC1. The Hall–Kier alpha value is -2.60. The number of rotatable bonds is 5. The fraction of sp³-hybridized carbons (Fsp3) is 0.400. The average molecular weight is 350 g/mol. The van der Waals surface area contributed by atoms with Crippen LogP contribution < -0.4 is 11.1 Å². The number of anilines is 2. The fourth-order valence-electron chi connectivity index (χ4n) is 3.62. The van der Waals surface area contributed by atoms with E-state index in [1.165, 1.54) is 31.5 Å². The first-order chi connectivity index (χ1) is 12.7. The highest BCUT2D eigenvalue weighted by Crippen LogP contribution is 2.23. The number of nitrogens with one attached hydrogen (secondary N) is 1. The second kappa shape index (κ2) is 7.33. The summed E-state index contributed by atoms with van der Waals surface area (Å²) >= 11 is 0. The average Bonchev–Trinajstić information content (AvgIpc) is 3.09. The molecular formula is C20H26N6. The standard InChI is InChI=1S/C20H26N6/c1-25-8-5-15(6-9-25)13-26-14-16(12-24-26)11-23-18-2-3-19-17(10-18)4-7-22-20(19)21/h2-4,7,10,12,14-15,23H,5-6,8-9,11,13H2,1H3,(H2,21,22). The summed E-state index contributed by atoms with van der Waals surface area (Å²) in [6, 6.07) is 8.15. The third-order valence-corrected chi connectivity index (χ3v) is 5.26. The highest BCUT2D eigenvalue weighted by atomic mass is 15.3. The van der Waals surface area contributed by atoms with Gasteiger partial charge in [0.05, 0.1) is 6.20 Å². The van der Waals surface area contributed by atoms with Crippen molar-refractivity contribution in [2.24, 2.45) is 5.92 Å². The Labute approximate surface area is 154 Å². The summed E-state index contributed by atoms with van der Waals surface area (Å²) in [5.41, 5.74) is 8.19. The molecule has 6 nitrogen and oxygen atoms in total. The number of nitrogen functional groups attached to an aromatic ring is 1. The zero-order valence-corrected chi connectivity index (χ0v) is 15.2. The van der Waals surface area contributed by atoms with Crippen molar-refractivity contribution in [2.45, 2.75) is 25.9 Å². The van der Waals surface area contributed by atoms with Gasteiger partial charge in [-0.2, -0.15) is 5.10 Å². The highest BCUT2D eigenvalue weighted by molar-refractivity contribution is 5.92. The topological polar surface area (TPSA) is 72.0 Å². The molecule has 3 heterocycles. The number of hydrogen-bond acceptors (Lipinski definition) is 5. The maximum atomic E-state index is 5.91. The van der Waals surface area contributed by atoms with Gasteiger partial charge in [0.2, 0.25) is 0 Å². The number of fused-ring (bicyclic) bond motifs is 1. The molecule has 1 aliphatic rings. The van der Waals surface area contributed by atoms with Gasteiger partial charge in [0, 0.05) is 42.1 Å². The summed E-state index contributed by atoms with van der Waals surface area (Å²) in [5, 5.41) is 10.1. The molecule has 1 aliphatic heterocycles. The molecule has 0 bridgehead atoms. The molecule has 4 rings (SSSR count). The smallest absolute Gasteiger partial charge is 0.131 e. The van der Waals surface area contributed by atoms with Crippen molar-refractivity contribution in [3.8, 4) is 0 Å². The van der Waals surface area contributed by atoms with Crippen molar-refractivity contribution in [3.05, 3.63) is 48.4 Å². The molecule has 0 atom stereocenters. The van der Waals surface area contributed by atoms with Crippen LogP contribution in [-0.2, 0) is 13.1 Å². The molecule has 3 aromatic rings. The van der Waals surface area contributed by atoms with E-state index in [1.807, 2.05) is 24.4 Å². The Morgan fingerprint density at radius 2 is 2.08 bits per heavy atom. The lowest BCUT2D eigenvalue weighted by Crippen LogP contribution is -2.31. The van der Waals surface area contributed by atoms with E-state index in [1.54, 1.807) is 6.20 Å². The third-order valence-electron chi connectivity index (χ3n) is 5.26. The van der Waals surface area contributed by atoms with Crippen LogP contribution in [0.2, 0.25) is 0 Å². The van der Waals surface area contributed by atoms with Crippen molar-refractivity contribution in [2.75, 3.05) is 31.2 Å². The summed E-state index contributed by atoms with van der Waals surface area (Å²) in [6.07, 6.45) is 8.39. The Morgan fingerprint density at radius 1 is 1.23 bits per heavy atom. The van der Waals surface area contributed by atoms with E-state index in [-0.39, 0.29) is 0 Å². The molecule has 0 amide bonds. The van der Waals surface area contributed by atoms with Crippen molar-refractivity contribution in [3.63, 3.8) is 0 Å². The van der Waals surface area contributed by atoms with Crippen LogP contribution in [-0.4, -0.2) is 39.8 Å². The van der Waals surface area contributed by atoms with Crippen molar-refractivity contribution >= 4 is 22.3 Å². The molecule has 0 unspecified atom stereocenters. The lowest BCUT2D eigenvalue weighted by atomic mass is 9.97. The number of nitrogens with two attached hydrogens (primary N) is 1. The lowest BCUT2D eigenvalue weighted by molar-refractivity contribution is 0.201. The van der Waals surface area contributed by atoms with Crippen LogP contribution in [0.25, 0.3) is 10.8 Å². The van der Waals surface area contributed by atoms with Gasteiger partial charge in [-0.3, -0.25) is 4.68 Å². The minimum absolute atomic E-state index is 0.573. The van der Waals surface area contributed by atoms with Gasteiger partial charge in [-0.25, -0.2) is 4.98 Å². The largest absolute Gasteiger partial charge is 0.383 e. The molecule has 1 fully saturated rings. The summed E-state index contributed by atoms with van der Waals surface area (Å²) in [7, 11) is 2.20. The minimum atomic E-state index is 0.573. The predicted octanol–water partition coefficient (Wildman–Crippen LogP) is 2.97. The van der Waals surface area contributed by atoms with Crippen LogP contribution in [0.5, 0.6) is 0 Å². The Balaban J connectivity index is 1.36. The molecule has 26 heavy (non-hydrogen) atoms. The monoisotopic (exact) mass is 350 g/mol. The normalized spacial score (nSPS) is 16.2. The van der Waals surface area contributed by atoms with Crippen LogP contribution >= 0.6 is 0 Å². The quantitative estimate of drug-likeness (QED) is 0.740. The molecule has 6 heteroatoms. The van der Waals surface area contributed by atoms with Gasteiger partial charge < -0.3 is 16.0 Å². The molecule has 3 N–H and O–H groups in total. The molecular weight excluding hydrogens is 324 g/mol. The second-order valence-electron chi connectivity index (χ2n) is 7.30. The van der Waals surface area contributed by atoms with Crippen molar-refractivity contribution < 1.29 is 0 Å². The van der Waals surface area contributed by atoms with Gasteiger partial charge >= 0.3 is 0 Å². The van der Waals surface area contributed by atoms with E-state index >= 15 is 0 Å². The second-order valence-corrected chi connectivity index (χ2v) is 7.30. The van der Waals surface area contributed by atoms with Gasteiger partial charge in [-0.05, 0) is 68.5 Å². The predicted molar refractivity (Wildman–Crippen MR) is 106 cm³/mol. The summed E-state index contributed by atoms with van der Waals surface area (Å²) < 4.78 is 2.10. The van der Waals surface area contributed by atoms with Crippen LogP contribution in [0.4, 0.5) is 11.5 Å². The zero-order chi connectivity index (χ0) is 17.9. The zero-order valence-electron chi connectivity index (χ0n) is 15.2. The fourth-order valence-corrected chi connectivity index (χ4v) is 3.62. The first kappa shape index (κ1) is 16.8.